The molecule has 0 bridgehead atoms. The van der Waals surface area contributed by atoms with Gasteiger partial charge < -0.3 is 5.73 Å². The molecule has 0 aliphatic rings. The molecule has 0 spiro atoms. The van der Waals surface area contributed by atoms with Crippen LogP contribution in [0.15, 0.2) is 63.5 Å². The second-order valence-corrected chi connectivity index (χ2v) is 4.34. The molecule has 18 heavy (non-hydrogen) atoms. The van der Waals surface area contributed by atoms with Gasteiger partial charge in [0.15, 0.2) is 5.84 Å². The number of amidine groups is 1. The number of aromatic nitrogens is 1. The number of benzene rings is 1. The highest BCUT2D eigenvalue weighted by atomic mass is 79.9. The molecular weight excluding hydrogens is 292 g/mol. The first-order valence-electron chi connectivity index (χ1n) is 5.29. The third-order valence-electron chi connectivity index (χ3n) is 2.24. The van der Waals surface area contributed by atoms with Crippen molar-refractivity contribution in [3.63, 3.8) is 0 Å². The van der Waals surface area contributed by atoms with Crippen LogP contribution in [0.4, 0.5) is 0 Å². The Balaban J connectivity index is 2.14. The Morgan fingerprint density at radius 3 is 2.61 bits per heavy atom. The van der Waals surface area contributed by atoms with Gasteiger partial charge in [-0.2, -0.15) is 5.10 Å². The molecular formula is C13H11BrN4. The van der Waals surface area contributed by atoms with Crippen molar-refractivity contribution in [2.45, 2.75) is 0 Å². The fourth-order valence-corrected chi connectivity index (χ4v) is 1.70. The molecule has 0 amide bonds. The predicted octanol–water partition coefficient (Wildman–Crippen LogP) is 2.58. The highest BCUT2D eigenvalue weighted by molar-refractivity contribution is 9.10. The standard InChI is InChI=1S/C13H11BrN4/c14-12-4-2-1-3-11(12)9-17-18-13(15)10-5-7-16-8-6-10/h1-9H,(H2,15,18)/b17-9+. The number of pyridine rings is 1. The fourth-order valence-electron chi connectivity index (χ4n) is 1.31. The van der Waals surface area contributed by atoms with Crippen molar-refractivity contribution >= 4 is 28.0 Å². The molecule has 2 N–H and O–H groups in total. The van der Waals surface area contributed by atoms with Crippen molar-refractivity contribution < 1.29 is 0 Å². The SMILES string of the molecule is N/C(=N\N=C\c1ccccc1Br)c1ccncc1. The molecule has 1 heterocycles. The van der Waals surface area contributed by atoms with Gasteiger partial charge >= 0.3 is 0 Å². The minimum atomic E-state index is 0.362. The topological polar surface area (TPSA) is 63.6 Å². The van der Waals surface area contributed by atoms with Gasteiger partial charge in [-0.05, 0) is 18.2 Å². The molecule has 4 nitrogen and oxygen atoms in total. The van der Waals surface area contributed by atoms with Crippen molar-refractivity contribution in [3.05, 3.63) is 64.4 Å². The molecule has 2 rings (SSSR count). The number of hydrogen-bond donors (Lipinski definition) is 1. The van der Waals surface area contributed by atoms with Gasteiger partial charge in [0.2, 0.25) is 0 Å². The van der Waals surface area contributed by atoms with Crippen LogP contribution in [0.5, 0.6) is 0 Å². The van der Waals surface area contributed by atoms with Gasteiger partial charge in [-0.1, -0.05) is 34.1 Å². The molecule has 0 fully saturated rings. The maximum Gasteiger partial charge on any atom is 0.153 e. The number of halogens is 1. The van der Waals surface area contributed by atoms with Crippen LogP contribution in [0.2, 0.25) is 0 Å². The Kier molecular flexibility index (Phi) is 4.20. The summed E-state index contributed by atoms with van der Waals surface area (Å²) < 4.78 is 0.964. The summed E-state index contributed by atoms with van der Waals surface area (Å²) >= 11 is 3.43. The van der Waals surface area contributed by atoms with E-state index in [4.69, 9.17) is 5.73 Å². The molecule has 0 saturated heterocycles. The van der Waals surface area contributed by atoms with Crippen LogP contribution >= 0.6 is 15.9 Å². The fraction of sp³-hybridized carbons (Fsp3) is 0. The number of nitrogens with zero attached hydrogens (tertiary/aromatic N) is 3. The van der Waals surface area contributed by atoms with E-state index in [-0.39, 0.29) is 0 Å². The van der Waals surface area contributed by atoms with Crippen LogP contribution in [-0.2, 0) is 0 Å². The number of rotatable bonds is 3. The molecule has 0 saturated carbocycles. The molecule has 1 aromatic heterocycles. The summed E-state index contributed by atoms with van der Waals surface area (Å²) in [6, 6.07) is 11.3. The van der Waals surface area contributed by atoms with Crippen molar-refractivity contribution in [2.24, 2.45) is 15.9 Å². The highest BCUT2D eigenvalue weighted by Crippen LogP contribution is 2.13. The van der Waals surface area contributed by atoms with E-state index in [1.165, 1.54) is 0 Å². The summed E-state index contributed by atoms with van der Waals surface area (Å²) in [6.07, 6.45) is 4.97. The van der Waals surface area contributed by atoms with Gasteiger partial charge in [0.1, 0.15) is 0 Å². The van der Waals surface area contributed by atoms with Crippen molar-refractivity contribution in [3.8, 4) is 0 Å². The lowest BCUT2D eigenvalue weighted by Gasteiger charge is -1.97. The molecule has 0 atom stereocenters. The quantitative estimate of drug-likeness (QED) is 0.538. The Morgan fingerprint density at radius 1 is 1.17 bits per heavy atom. The largest absolute Gasteiger partial charge is 0.382 e. The monoisotopic (exact) mass is 302 g/mol. The van der Waals surface area contributed by atoms with E-state index in [0.29, 0.717) is 5.84 Å². The third kappa shape index (κ3) is 3.24. The smallest absolute Gasteiger partial charge is 0.153 e. The first-order chi connectivity index (χ1) is 8.77. The maximum absolute atomic E-state index is 5.79. The second-order valence-electron chi connectivity index (χ2n) is 3.49. The van der Waals surface area contributed by atoms with E-state index in [1.54, 1.807) is 30.7 Å². The Morgan fingerprint density at radius 2 is 1.89 bits per heavy atom. The summed E-state index contributed by atoms with van der Waals surface area (Å²) in [5.41, 5.74) is 7.54. The normalized spacial score (nSPS) is 11.9. The van der Waals surface area contributed by atoms with E-state index in [0.717, 1.165) is 15.6 Å². The average Bonchev–Trinajstić information content (AvgIpc) is 2.42. The summed E-state index contributed by atoms with van der Waals surface area (Å²) in [5.74, 6) is 0.362. The van der Waals surface area contributed by atoms with Crippen LogP contribution in [-0.4, -0.2) is 17.0 Å². The van der Waals surface area contributed by atoms with E-state index in [2.05, 4.69) is 31.1 Å². The molecule has 2 aromatic rings. The second kappa shape index (κ2) is 6.07. The molecule has 0 radical (unpaired) electrons. The molecule has 90 valence electrons. The van der Waals surface area contributed by atoms with Crippen LogP contribution in [0, 0.1) is 0 Å². The van der Waals surface area contributed by atoms with E-state index in [1.807, 2.05) is 24.3 Å². The first kappa shape index (κ1) is 12.4. The van der Waals surface area contributed by atoms with Crippen LogP contribution in [0.25, 0.3) is 0 Å². The van der Waals surface area contributed by atoms with Crippen molar-refractivity contribution in [1.29, 1.82) is 0 Å². The summed E-state index contributed by atoms with van der Waals surface area (Å²) in [7, 11) is 0. The van der Waals surface area contributed by atoms with E-state index >= 15 is 0 Å². The van der Waals surface area contributed by atoms with E-state index in [9.17, 15) is 0 Å². The van der Waals surface area contributed by atoms with Crippen LogP contribution < -0.4 is 5.73 Å². The molecule has 0 unspecified atom stereocenters. The first-order valence-corrected chi connectivity index (χ1v) is 6.08. The average molecular weight is 303 g/mol. The maximum atomic E-state index is 5.79. The molecule has 5 heteroatoms. The van der Waals surface area contributed by atoms with Gasteiger partial charge in [0.05, 0.1) is 6.21 Å². The lowest BCUT2D eigenvalue weighted by molar-refractivity contribution is 1.22. The van der Waals surface area contributed by atoms with E-state index < -0.39 is 0 Å². The zero-order chi connectivity index (χ0) is 12.8. The summed E-state index contributed by atoms with van der Waals surface area (Å²) in [6.45, 7) is 0. The molecule has 0 aliphatic heterocycles. The van der Waals surface area contributed by atoms with Gasteiger partial charge in [0, 0.05) is 28.0 Å². The Hall–Kier alpha value is -2.01. The van der Waals surface area contributed by atoms with Gasteiger partial charge in [-0.25, -0.2) is 0 Å². The highest BCUT2D eigenvalue weighted by Gasteiger charge is 1.96. The number of hydrogen-bond acceptors (Lipinski definition) is 3. The Bertz CT molecular complexity index is 579. The zero-order valence-corrected chi connectivity index (χ0v) is 11.1. The van der Waals surface area contributed by atoms with Crippen LogP contribution in [0.3, 0.4) is 0 Å². The number of nitrogens with two attached hydrogens (primary N) is 1. The lowest BCUT2D eigenvalue weighted by Crippen LogP contribution is -2.12. The minimum Gasteiger partial charge on any atom is -0.382 e. The van der Waals surface area contributed by atoms with Crippen molar-refractivity contribution in [1.82, 2.24) is 4.98 Å². The molecule has 0 aliphatic carbocycles. The van der Waals surface area contributed by atoms with Gasteiger partial charge in [0.25, 0.3) is 0 Å². The van der Waals surface area contributed by atoms with Gasteiger partial charge in [-0.3, -0.25) is 4.98 Å². The predicted molar refractivity (Wildman–Crippen MR) is 76.7 cm³/mol. The minimum absolute atomic E-state index is 0.362. The summed E-state index contributed by atoms with van der Waals surface area (Å²) in [5, 5.41) is 7.91. The Labute approximate surface area is 113 Å². The van der Waals surface area contributed by atoms with Crippen molar-refractivity contribution in [2.75, 3.05) is 0 Å². The summed E-state index contributed by atoms with van der Waals surface area (Å²) in [4.78, 5) is 3.91. The van der Waals surface area contributed by atoms with Crippen LogP contribution in [0.1, 0.15) is 11.1 Å². The lowest BCUT2D eigenvalue weighted by atomic mass is 10.2. The zero-order valence-electron chi connectivity index (χ0n) is 9.49. The van der Waals surface area contributed by atoms with Gasteiger partial charge in [-0.15, -0.1) is 5.10 Å². The molecule has 1 aromatic carbocycles. The third-order valence-corrected chi connectivity index (χ3v) is 2.97.